The summed E-state index contributed by atoms with van der Waals surface area (Å²) < 4.78 is 30.5. The maximum absolute atomic E-state index is 13.8. The zero-order valence-corrected chi connectivity index (χ0v) is 30.7. The van der Waals surface area contributed by atoms with Crippen molar-refractivity contribution >= 4 is 25.1 Å². The lowest BCUT2D eigenvalue weighted by Crippen LogP contribution is -2.65. The van der Waals surface area contributed by atoms with Gasteiger partial charge in [-0.2, -0.15) is 0 Å². The molecule has 0 spiro atoms. The molecule has 5 aliphatic rings. The van der Waals surface area contributed by atoms with Gasteiger partial charge in [-0.3, -0.25) is 4.79 Å². The van der Waals surface area contributed by atoms with E-state index < -0.39 is 30.2 Å². The molecule has 2 aromatic carbocycles. The average Bonchev–Trinajstić information content (AvgIpc) is 3.44. The predicted molar refractivity (Wildman–Crippen MR) is 189 cm³/mol. The Morgan fingerprint density at radius 2 is 1.74 bits per heavy atom. The lowest BCUT2D eigenvalue weighted by Gasteiger charge is -2.64. The van der Waals surface area contributed by atoms with Crippen molar-refractivity contribution in [2.75, 3.05) is 20.2 Å². The van der Waals surface area contributed by atoms with Gasteiger partial charge in [0.15, 0.2) is 0 Å². The summed E-state index contributed by atoms with van der Waals surface area (Å²) in [6.07, 6.45) is 3.75. The zero-order chi connectivity index (χ0) is 35.8. The normalized spacial score (nSPS) is 26.3. The fourth-order valence-electron chi connectivity index (χ4n) is 8.66. The summed E-state index contributed by atoms with van der Waals surface area (Å²) in [5.41, 5.74) is 1.08. The highest BCUT2D eigenvalue weighted by molar-refractivity contribution is 6.48. The van der Waals surface area contributed by atoms with Crippen LogP contribution < -0.4 is 10.1 Å². The minimum absolute atomic E-state index is 0.0513. The number of carbonyl (C=O) groups is 3. The number of nitrogens with one attached hydrogen (secondary N) is 1. The van der Waals surface area contributed by atoms with Crippen LogP contribution in [-0.2, 0) is 36.6 Å². The Labute approximate surface area is 297 Å². The van der Waals surface area contributed by atoms with Gasteiger partial charge in [0.1, 0.15) is 23.5 Å². The summed E-state index contributed by atoms with van der Waals surface area (Å²) in [5, 5.41) is 3.28. The van der Waals surface area contributed by atoms with Crippen molar-refractivity contribution in [3.8, 4) is 5.75 Å². The molecule has 2 aromatic rings. The molecule has 3 aliphatic carbocycles. The van der Waals surface area contributed by atoms with Gasteiger partial charge in [-0.15, -0.1) is 0 Å². The predicted octanol–water partition coefficient (Wildman–Crippen LogP) is 6.38. The molecule has 2 amide bonds. The van der Waals surface area contributed by atoms with E-state index in [2.05, 4.69) is 26.1 Å². The lowest BCUT2D eigenvalue weighted by molar-refractivity contribution is -0.199. The molecular formula is C39H53BN2O8. The van der Waals surface area contributed by atoms with Crippen LogP contribution >= 0.6 is 0 Å². The number of hydrogen-bond donors (Lipinski definition) is 1. The van der Waals surface area contributed by atoms with Gasteiger partial charge in [0.25, 0.3) is 0 Å². The number of likely N-dealkylation sites (tertiary alicyclic amines) is 1. The number of esters is 1. The van der Waals surface area contributed by atoms with Crippen LogP contribution in [0, 0.1) is 23.2 Å². The molecule has 270 valence electrons. The van der Waals surface area contributed by atoms with E-state index in [9.17, 15) is 14.4 Å². The van der Waals surface area contributed by atoms with E-state index in [1.807, 2.05) is 63.2 Å². The Morgan fingerprint density at radius 1 is 1.02 bits per heavy atom. The van der Waals surface area contributed by atoms with Gasteiger partial charge >= 0.3 is 19.2 Å². The van der Waals surface area contributed by atoms with Gasteiger partial charge in [0.2, 0.25) is 5.91 Å². The van der Waals surface area contributed by atoms with Crippen molar-refractivity contribution in [2.45, 2.75) is 110 Å². The highest BCUT2D eigenvalue weighted by atomic mass is 16.7. The number of hydrogen-bond acceptors (Lipinski definition) is 8. The fourth-order valence-corrected chi connectivity index (χ4v) is 8.66. The van der Waals surface area contributed by atoms with Crippen molar-refractivity contribution in [1.82, 2.24) is 10.2 Å². The zero-order valence-electron chi connectivity index (χ0n) is 30.7. The van der Waals surface area contributed by atoms with E-state index in [1.54, 1.807) is 11.0 Å². The molecule has 5 atom stereocenters. The Hall–Kier alpha value is -3.57. The van der Waals surface area contributed by atoms with E-state index in [0.29, 0.717) is 61.9 Å². The van der Waals surface area contributed by atoms with Crippen molar-refractivity contribution in [2.24, 2.45) is 23.2 Å². The van der Waals surface area contributed by atoms with Gasteiger partial charge in [-0.25, -0.2) is 9.59 Å². The third kappa shape index (κ3) is 7.54. The fraction of sp³-hybridized carbons (Fsp3) is 0.615. The minimum Gasteiger partial charge on any atom is -0.496 e. The first-order valence-electron chi connectivity index (χ1n) is 18.2. The first-order valence-corrected chi connectivity index (χ1v) is 18.2. The summed E-state index contributed by atoms with van der Waals surface area (Å²) in [6, 6.07) is 15.0. The van der Waals surface area contributed by atoms with E-state index in [1.165, 1.54) is 7.11 Å². The van der Waals surface area contributed by atoms with Crippen LogP contribution in [-0.4, -0.2) is 73.4 Å². The van der Waals surface area contributed by atoms with Crippen LogP contribution in [0.4, 0.5) is 4.79 Å². The molecule has 0 aromatic heterocycles. The molecule has 11 heteroatoms. The van der Waals surface area contributed by atoms with E-state index in [4.69, 9.17) is 23.5 Å². The second-order valence-corrected chi connectivity index (χ2v) is 16.4. The first-order chi connectivity index (χ1) is 23.7. The highest BCUT2D eigenvalue weighted by Crippen LogP contribution is 2.65. The van der Waals surface area contributed by atoms with Crippen LogP contribution in [0.3, 0.4) is 0 Å². The minimum atomic E-state index is -0.668. The number of para-hydroxylation sites is 1. The lowest BCUT2D eigenvalue weighted by atomic mass is 9.43. The smallest absolute Gasteiger partial charge is 0.482 e. The van der Waals surface area contributed by atoms with Gasteiger partial charge in [0.05, 0.1) is 24.8 Å². The maximum atomic E-state index is 13.8. The third-order valence-corrected chi connectivity index (χ3v) is 11.6. The molecule has 3 saturated carbocycles. The van der Waals surface area contributed by atoms with Crippen LogP contribution in [0.1, 0.15) is 95.1 Å². The third-order valence-electron chi connectivity index (χ3n) is 11.6. The molecular weight excluding hydrogens is 635 g/mol. The van der Waals surface area contributed by atoms with Crippen molar-refractivity contribution in [1.29, 1.82) is 0 Å². The number of nitrogens with zero attached hydrogens (tertiary/aromatic N) is 1. The number of ether oxygens (including phenoxy) is 3. The standard InChI is InChI=1S/C39H53BN2O8/c1-37(2,3)48-35(44)29-15-11-14-27(34(29)46-7)21-32(40-49-31-23-28-22-30(38(28,4)5)39(31,6)50-40)41-33(43)20-25-16-18-42(19-17-25)36(45)47-24-26-12-9-8-10-13-26/h8-15,25,28,30-32H,16-24H2,1-7H3,(H,41,43). The van der Waals surface area contributed by atoms with Gasteiger partial charge in [-0.1, -0.05) is 56.3 Å². The molecule has 2 bridgehead atoms. The second kappa shape index (κ2) is 14.2. The molecule has 10 nitrogen and oxygen atoms in total. The number of carbonyl (C=O) groups excluding carboxylic acids is 3. The Kier molecular flexibility index (Phi) is 10.3. The molecule has 5 unspecified atom stereocenters. The van der Waals surface area contributed by atoms with Crippen molar-refractivity contribution in [3.05, 3.63) is 65.2 Å². The van der Waals surface area contributed by atoms with Crippen LogP contribution in [0.25, 0.3) is 0 Å². The molecule has 2 aliphatic heterocycles. The summed E-state index contributed by atoms with van der Waals surface area (Å²) in [7, 11) is 0.873. The summed E-state index contributed by atoms with van der Waals surface area (Å²) >= 11 is 0. The van der Waals surface area contributed by atoms with Crippen molar-refractivity contribution in [3.63, 3.8) is 0 Å². The monoisotopic (exact) mass is 688 g/mol. The van der Waals surface area contributed by atoms with Gasteiger partial charge < -0.3 is 33.7 Å². The molecule has 1 N–H and O–H groups in total. The molecule has 5 fully saturated rings. The van der Waals surface area contributed by atoms with Gasteiger partial charge in [0, 0.05) is 19.5 Å². The van der Waals surface area contributed by atoms with E-state index in [-0.39, 0.29) is 36.0 Å². The largest absolute Gasteiger partial charge is 0.496 e. The summed E-state index contributed by atoms with van der Waals surface area (Å²) in [5.74, 6) is 0.402. The highest BCUT2D eigenvalue weighted by Gasteiger charge is 2.68. The van der Waals surface area contributed by atoms with Crippen LogP contribution in [0.15, 0.2) is 48.5 Å². The SMILES string of the molecule is COc1c(CC(NC(=O)CC2CCN(C(=O)OCc3ccccc3)CC2)B2OC3CC4CC(C4(C)C)C3(C)O2)cccc1C(=O)OC(C)(C)C. The number of amides is 2. The number of rotatable bonds is 10. The molecule has 50 heavy (non-hydrogen) atoms. The summed E-state index contributed by atoms with van der Waals surface area (Å²) in [4.78, 5) is 41.4. The van der Waals surface area contributed by atoms with Crippen LogP contribution in [0.2, 0.25) is 0 Å². The van der Waals surface area contributed by atoms with Gasteiger partial charge in [-0.05, 0) is 100 Å². The topological polar surface area (TPSA) is 113 Å². The molecule has 2 heterocycles. The quantitative estimate of drug-likeness (QED) is 0.226. The number of piperidine rings is 1. The average molecular weight is 689 g/mol. The van der Waals surface area contributed by atoms with Crippen LogP contribution in [0.5, 0.6) is 5.75 Å². The number of benzene rings is 2. The second-order valence-electron chi connectivity index (χ2n) is 16.4. The maximum Gasteiger partial charge on any atom is 0.482 e. The number of methoxy groups -OCH3 is 1. The summed E-state index contributed by atoms with van der Waals surface area (Å²) in [6.45, 7) is 13.6. The Bertz CT molecular complexity index is 1550. The Morgan fingerprint density at radius 3 is 2.40 bits per heavy atom. The van der Waals surface area contributed by atoms with E-state index >= 15 is 0 Å². The first kappa shape index (κ1) is 36.2. The van der Waals surface area contributed by atoms with E-state index in [0.717, 1.165) is 24.0 Å². The molecule has 7 rings (SSSR count). The molecule has 2 saturated heterocycles. The van der Waals surface area contributed by atoms with Crippen molar-refractivity contribution < 1.29 is 37.9 Å². The molecule has 0 radical (unpaired) electrons. The Balaban J connectivity index is 1.13.